The van der Waals surface area contributed by atoms with Crippen LogP contribution in [-0.2, 0) is 9.53 Å². The average Bonchev–Trinajstić information content (AvgIpc) is 2.73. The highest BCUT2D eigenvalue weighted by Crippen LogP contribution is 2.54. The quantitative estimate of drug-likeness (QED) is 0.507. The van der Waals surface area contributed by atoms with Gasteiger partial charge in [-0.15, -0.1) is 0 Å². The van der Waals surface area contributed by atoms with E-state index in [4.69, 9.17) is 9.47 Å². The Kier molecular flexibility index (Phi) is 3.27. The number of carbonyl (C=O) groups excluding carboxylic acids is 2. The summed E-state index contributed by atoms with van der Waals surface area (Å²) in [5.74, 6) is 0.364. The summed E-state index contributed by atoms with van der Waals surface area (Å²) in [6.45, 7) is 0.562. The maximum atomic E-state index is 12.5. The van der Waals surface area contributed by atoms with Gasteiger partial charge in [0.1, 0.15) is 16.2 Å². The van der Waals surface area contributed by atoms with Gasteiger partial charge in [-0.1, -0.05) is 50.1 Å². The third-order valence-electron chi connectivity index (χ3n) is 4.64. The van der Waals surface area contributed by atoms with E-state index >= 15 is 0 Å². The molecule has 1 aromatic rings. The van der Waals surface area contributed by atoms with Crippen molar-refractivity contribution in [1.82, 2.24) is 4.90 Å². The SMILES string of the molecule is O=C(Oc1ccccc1)N1C[C@H]2C[C@]3(Br)C(=O)O[C@H]([C@H]2Br)[C@H]13. The van der Waals surface area contributed by atoms with E-state index < -0.39 is 10.4 Å². The zero-order chi connectivity index (χ0) is 15.5. The van der Waals surface area contributed by atoms with E-state index in [-0.39, 0.29) is 28.9 Å². The van der Waals surface area contributed by atoms with Crippen LogP contribution in [0, 0.1) is 5.92 Å². The molecule has 4 fully saturated rings. The lowest BCUT2D eigenvalue weighted by Gasteiger charge is -2.51. The van der Waals surface area contributed by atoms with Gasteiger partial charge in [0.25, 0.3) is 0 Å². The van der Waals surface area contributed by atoms with Crippen LogP contribution < -0.4 is 4.74 Å². The van der Waals surface area contributed by atoms with Crippen LogP contribution in [0.25, 0.3) is 0 Å². The minimum atomic E-state index is -0.805. The Morgan fingerprint density at radius 1 is 1.36 bits per heavy atom. The fourth-order valence-electron chi connectivity index (χ4n) is 3.66. The maximum Gasteiger partial charge on any atom is 0.415 e. The highest BCUT2D eigenvalue weighted by atomic mass is 79.9. The van der Waals surface area contributed by atoms with E-state index in [0.717, 1.165) is 0 Å². The van der Waals surface area contributed by atoms with Crippen LogP contribution in [-0.4, -0.2) is 44.8 Å². The lowest BCUT2D eigenvalue weighted by molar-refractivity contribution is -0.142. The minimum absolute atomic E-state index is 0.0791. The van der Waals surface area contributed by atoms with Crippen molar-refractivity contribution in [2.45, 2.75) is 27.7 Å². The van der Waals surface area contributed by atoms with Crippen molar-refractivity contribution < 1.29 is 19.1 Å². The van der Waals surface area contributed by atoms with Crippen molar-refractivity contribution in [1.29, 1.82) is 0 Å². The van der Waals surface area contributed by atoms with Crippen LogP contribution in [0.15, 0.2) is 30.3 Å². The van der Waals surface area contributed by atoms with E-state index in [0.29, 0.717) is 18.7 Å². The first-order valence-corrected chi connectivity index (χ1v) is 8.79. The molecule has 22 heavy (non-hydrogen) atoms. The first kappa shape index (κ1) is 14.5. The molecule has 116 valence electrons. The van der Waals surface area contributed by atoms with Crippen LogP contribution in [0.5, 0.6) is 5.75 Å². The summed E-state index contributed by atoms with van der Waals surface area (Å²) in [7, 11) is 0. The molecule has 1 aromatic carbocycles. The van der Waals surface area contributed by atoms with Crippen molar-refractivity contribution >= 4 is 43.9 Å². The molecule has 1 aliphatic carbocycles. The minimum Gasteiger partial charge on any atom is -0.458 e. The molecule has 0 N–H and O–H groups in total. The van der Waals surface area contributed by atoms with Crippen molar-refractivity contribution in [3.63, 3.8) is 0 Å². The Morgan fingerprint density at radius 3 is 2.82 bits per heavy atom. The Labute approximate surface area is 144 Å². The second-order valence-electron chi connectivity index (χ2n) is 5.92. The standard InChI is InChI=1S/C15H13Br2NO4/c16-10-8-6-15(17)12(11(10)22-13(15)19)18(7-8)14(20)21-9-4-2-1-3-5-9/h1-5,8,10-12H,6-7H2/t8-,10+,11-,12+,15-/m1/s1. The normalized spacial score (nSPS) is 38.8. The number of hydrogen-bond acceptors (Lipinski definition) is 4. The number of benzene rings is 1. The molecule has 0 aromatic heterocycles. The largest absolute Gasteiger partial charge is 0.458 e. The Balaban J connectivity index is 1.62. The summed E-state index contributed by atoms with van der Waals surface area (Å²) in [6, 6.07) is 8.59. The van der Waals surface area contributed by atoms with Crippen molar-refractivity contribution in [2.75, 3.05) is 6.54 Å². The van der Waals surface area contributed by atoms with Gasteiger partial charge in [-0.25, -0.2) is 4.79 Å². The lowest BCUT2D eigenvalue weighted by Crippen LogP contribution is -2.68. The molecule has 0 unspecified atom stereocenters. The van der Waals surface area contributed by atoms with E-state index in [9.17, 15) is 9.59 Å². The summed E-state index contributed by atoms with van der Waals surface area (Å²) in [5, 5.41) is 0. The lowest BCUT2D eigenvalue weighted by atomic mass is 9.73. The predicted molar refractivity (Wildman–Crippen MR) is 85.3 cm³/mol. The van der Waals surface area contributed by atoms with Crippen LogP contribution in [0.3, 0.4) is 0 Å². The Hall–Kier alpha value is -1.08. The van der Waals surface area contributed by atoms with Crippen LogP contribution in [0.1, 0.15) is 6.42 Å². The smallest absolute Gasteiger partial charge is 0.415 e. The number of halogens is 2. The molecule has 0 radical (unpaired) electrons. The van der Waals surface area contributed by atoms with Gasteiger partial charge in [-0.05, 0) is 24.5 Å². The van der Waals surface area contributed by atoms with Gasteiger partial charge in [0, 0.05) is 6.54 Å². The molecule has 3 aliphatic heterocycles. The van der Waals surface area contributed by atoms with Crippen LogP contribution >= 0.6 is 31.9 Å². The van der Waals surface area contributed by atoms with Crippen molar-refractivity contribution in [3.8, 4) is 5.75 Å². The number of hydrogen-bond donors (Lipinski definition) is 0. The number of para-hydroxylation sites is 1. The topological polar surface area (TPSA) is 55.8 Å². The number of nitrogens with zero attached hydrogens (tertiary/aromatic N) is 1. The molecule has 1 saturated carbocycles. The van der Waals surface area contributed by atoms with Crippen LogP contribution in [0.2, 0.25) is 0 Å². The molecule has 4 aliphatic rings. The highest BCUT2D eigenvalue weighted by Gasteiger charge is 2.69. The summed E-state index contributed by atoms with van der Waals surface area (Å²) in [6.07, 6.45) is -0.104. The van der Waals surface area contributed by atoms with Crippen molar-refractivity contribution in [3.05, 3.63) is 30.3 Å². The van der Waals surface area contributed by atoms with E-state index in [2.05, 4.69) is 31.9 Å². The average molecular weight is 431 g/mol. The van der Waals surface area contributed by atoms with E-state index in [1.807, 2.05) is 18.2 Å². The number of rotatable bonds is 1. The number of fused-ring (bicyclic) bond motifs is 1. The fourth-order valence-corrected chi connectivity index (χ4v) is 5.43. The van der Waals surface area contributed by atoms with Crippen molar-refractivity contribution in [2.24, 2.45) is 5.92 Å². The van der Waals surface area contributed by atoms with Gasteiger partial charge in [0.2, 0.25) is 0 Å². The Bertz CT molecular complexity index is 640. The first-order valence-electron chi connectivity index (χ1n) is 7.08. The zero-order valence-corrected chi connectivity index (χ0v) is 14.6. The number of amides is 1. The van der Waals surface area contributed by atoms with Gasteiger partial charge in [-0.2, -0.15) is 0 Å². The molecule has 5 rings (SSSR count). The summed E-state index contributed by atoms with van der Waals surface area (Å²) in [4.78, 5) is 26.4. The molecule has 3 heterocycles. The van der Waals surface area contributed by atoms with Gasteiger partial charge >= 0.3 is 12.1 Å². The predicted octanol–water partition coefficient (Wildman–Crippen LogP) is 2.71. The molecule has 3 saturated heterocycles. The van der Waals surface area contributed by atoms with Crippen LogP contribution in [0.4, 0.5) is 4.79 Å². The summed E-state index contributed by atoms with van der Waals surface area (Å²) in [5.41, 5.74) is 0. The maximum absolute atomic E-state index is 12.5. The summed E-state index contributed by atoms with van der Waals surface area (Å²) < 4.78 is 10.1. The highest BCUT2D eigenvalue weighted by molar-refractivity contribution is 9.10. The first-order chi connectivity index (χ1) is 10.5. The van der Waals surface area contributed by atoms with E-state index in [1.165, 1.54) is 0 Å². The third-order valence-corrected chi connectivity index (χ3v) is 7.02. The number of esters is 1. The number of ether oxygens (including phenoxy) is 2. The second kappa shape index (κ2) is 4.96. The molecular formula is C15H13Br2NO4. The zero-order valence-electron chi connectivity index (χ0n) is 11.4. The molecule has 1 amide bonds. The van der Waals surface area contributed by atoms with Gasteiger partial charge in [0.15, 0.2) is 0 Å². The van der Waals surface area contributed by atoms with E-state index in [1.54, 1.807) is 17.0 Å². The molecule has 0 spiro atoms. The fraction of sp³-hybridized carbons (Fsp3) is 0.467. The molecule has 4 bridgehead atoms. The molecular weight excluding hydrogens is 418 g/mol. The number of alkyl halides is 2. The Morgan fingerprint density at radius 2 is 2.09 bits per heavy atom. The molecule has 5 atom stereocenters. The summed E-state index contributed by atoms with van der Waals surface area (Å²) >= 11 is 7.15. The second-order valence-corrected chi connectivity index (χ2v) is 8.39. The molecule has 5 nitrogen and oxygen atoms in total. The van der Waals surface area contributed by atoms with Gasteiger partial charge in [0.05, 0.1) is 10.9 Å². The molecule has 7 heteroatoms. The van der Waals surface area contributed by atoms with Gasteiger partial charge < -0.3 is 9.47 Å². The van der Waals surface area contributed by atoms with Gasteiger partial charge in [-0.3, -0.25) is 9.69 Å². The third kappa shape index (κ3) is 1.94. The number of piperidine rings is 2. The number of carbonyl (C=O) groups is 2. The monoisotopic (exact) mass is 429 g/mol.